The van der Waals surface area contributed by atoms with Gasteiger partial charge in [0.15, 0.2) is 0 Å². The SMILES string of the molecule is O=C(O)C1(NSc2ccc(-c3ccc(Cl)cc3)cc2)CC1c1cccc(OCCn2cccn2)c1. The quantitative estimate of drug-likeness (QED) is 0.262. The van der Waals surface area contributed by atoms with Crippen LogP contribution >= 0.6 is 23.5 Å². The number of benzene rings is 3. The van der Waals surface area contributed by atoms with Crippen LogP contribution in [-0.4, -0.2) is 33.0 Å². The highest BCUT2D eigenvalue weighted by Crippen LogP contribution is 2.53. The Balaban J connectivity index is 1.21. The van der Waals surface area contributed by atoms with Gasteiger partial charge in [0, 0.05) is 28.2 Å². The van der Waals surface area contributed by atoms with Crippen LogP contribution in [0.1, 0.15) is 17.9 Å². The average molecular weight is 506 g/mol. The summed E-state index contributed by atoms with van der Waals surface area (Å²) in [6.07, 6.45) is 4.15. The van der Waals surface area contributed by atoms with E-state index in [1.54, 1.807) is 6.20 Å². The van der Waals surface area contributed by atoms with Crippen molar-refractivity contribution in [2.75, 3.05) is 6.61 Å². The van der Waals surface area contributed by atoms with Crippen LogP contribution in [0.15, 0.2) is 96.2 Å². The van der Waals surface area contributed by atoms with E-state index in [2.05, 4.69) is 9.82 Å². The van der Waals surface area contributed by atoms with Gasteiger partial charge in [0.25, 0.3) is 0 Å². The molecule has 1 aliphatic rings. The van der Waals surface area contributed by atoms with Gasteiger partial charge in [0.05, 0.1) is 6.54 Å². The van der Waals surface area contributed by atoms with Gasteiger partial charge >= 0.3 is 5.97 Å². The Hall–Kier alpha value is -3.26. The number of halogens is 1. The standard InChI is InChI=1S/C27H24ClN3O3S/c28-22-9-5-19(6-10-22)20-7-11-24(12-8-20)35-30-27(26(32)33)18-25(27)21-3-1-4-23(17-21)34-16-15-31-14-2-13-29-31/h1-14,17,25,30H,15-16,18H2,(H,32,33). The Morgan fingerprint density at radius 3 is 2.54 bits per heavy atom. The molecule has 0 aliphatic heterocycles. The number of nitrogens with one attached hydrogen (secondary N) is 1. The molecule has 0 bridgehead atoms. The van der Waals surface area contributed by atoms with Crippen LogP contribution in [0.4, 0.5) is 0 Å². The van der Waals surface area contributed by atoms with Crippen LogP contribution in [0.25, 0.3) is 11.1 Å². The lowest BCUT2D eigenvalue weighted by molar-refractivity contribution is -0.140. The first kappa shape index (κ1) is 23.5. The fourth-order valence-corrected chi connectivity index (χ4v) is 5.09. The van der Waals surface area contributed by atoms with E-state index in [0.717, 1.165) is 27.3 Å². The summed E-state index contributed by atoms with van der Waals surface area (Å²) in [6, 6.07) is 25.3. The van der Waals surface area contributed by atoms with Crippen LogP contribution in [0.5, 0.6) is 5.75 Å². The number of carboxylic acid groups (broad SMARTS) is 1. The molecule has 0 saturated heterocycles. The van der Waals surface area contributed by atoms with E-state index >= 15 is 0 Å². The zero-order valence-electron chi connectivity index (χ0n) is 18.8. The molecular weight excluding hydrogens is 482 g/mol. The van der Waals surface area contributed by atoms with Crippen molar-refractivity contribution in [3.05, 3.63) is 102 Å². The maximum Gasteiger partial charge on any atom is 0.325 e. The Labute approximate surface area is 213 Å². The molecule has 6 nitrogen and oxygen atoms in total. The molecular formula is C27H24ClN3O3S. The second kappa shape index (κ2) is 10.2. The molecule has 0 spiro atoms. The van der Waals surface area contributed by atoms with Crippen LogP contribution in [0, 0.1) is 0 Å². The zero-order valence-corrected chi connectivity index (χ0v) is 20.4. The first-order valence-electron chi connectivity index (χ1n) is 11.3. The van der Waals surface area contributed by atoms with Gasteiger partial charge in [-0.2, -0.15) is 5.10 Å². The minimum Gasteiger partial charge on any atom is -0.492 e. The molecule has 0 radical (unpaired) electrons. The molecule has 1 saturated carbocycles. The van der Waals surface area contributed by atoms with Gasteiger partial charge in [0.1, 0.15) is 17.9 Å². The summed E-state index contributed by atoms with van der Waals surface area (Å²) in [5.41, 5.74) is 2.10. The number of hydrogen-bond donors (Lipinski definition) is 2. The number of aromatic nitrogens is 2. The van der Waals surface area contributed by atoms with Crippen molar-refractivity contribution in [2.45, 2.75) is 29.3 Å². The summed E-state index contributed by atoms with van der Waals surface area (Å²) >= 11 is 7.32. The zero-order chi connectivity index (χ0) is 24.3. The summed E-state index contributed by atoms with van der Waals surface area (Å²) in [4.78, 5) is 13.2. The fraction of sp³-hybridized carbons (Fsp3) is 0.185. The lowest BCUT2D eigenvalue weighted by atomic mass is 10.1. The normalized spacial score (nSPS) is 18.8. The van der Waals surface area contributed by atoms with E-state index in [1.807, 2.05) is 89.7 Å². The molecule has 2 N–H and O–H groups in total. The number of rotatable bonds is 10. The highest BCUT2D eigenvalue weighted by molar-refractivity contribution is 7.97. The summed E-state index contributed by atoms with van der Waals surface area (Å²) in [6.45, 7) is 1.13. The molecule has 0 amide bonds. The minimum absolute atomic E-state index is 0.129. The maximum atomic E-state index is 12.2. The second-order valence-electron chi connectivity index (χ2n) is 8.46. The van der Waals surface area contributed by atoms with Gasteiger partial charge in [-0.1, -0.05) is 48.0 Å². The maximum absolute atomic E-state index is 12.2. The smallest absolute Gasteiger partial charge is 0.325 e. The highest BCUT2D eigenvalue weighted by atomic mass is 35.5. The summed E-state index contributed by atoms with van der Waals surface area (Å²) in [5.74, 6) is -0.250. The third-order valence-electron chi connectivity index (χ3n) is 6.13. The molecule has 2 unspecified atom stereocenters. The van der Waals surface area contributed by atoms with E-state index in [-0.39, 0.29) is 5.92 Å². The number of aliphatic carboxylic acids is 1. The minimum atomic E-state index is -1.01. The van der Waals surface area contributed by atoms with Crippen molar-refractivity contribution in [1.29, 1.82) is 0 Å². The topological polar surface area (TPSA) is 76.4 Å². The van der Waals surface area contributed by atoms with Crippen molar-refractivity contribution in [3.8, 4) is 16.9 Å². The lowest BCUT2D eigenvalue weighted by Crippen LogP contribution is -2.36. The predicted molar refractivity (Wildman–Crippen MR) is 138 cm³/mol. The molecule has 4 aromatic rings. The Kier molecular flexibility index (Phi) is 6.81. The average Bonchev–Trinajstić information content (AvgIpc) is 3.40. The monoisotopic (exact) mass is 505 g/mol. The van der Waals surface area contributed by atoms with Crippen molar-refractivity contribution in [2.24, 2.45) is 0 Å². The van der Waals surface area contributed by atoms with Gasteiger partial charge in [-0.3, -0.25) is 9.48 Å². The number of nitrogens with zero attached hydrogens (tertiary/aromatic N) is 2. The van der Waals surface area contributed by atoms with E-state index in [0.29, 0.717) is 24.6 Å². The van der Waals surface area contributed by atoms with Gasteiger partial charge in [-0.25, -0.2) is 4.72 Å². The third-order valence-corrected chi connectivity index (χ3v) is 7.36. The molecule has 1 heterocycles. The molecule has 3 aromatic carbocycles. The van der Waals surface area contributed by atoms with Crippen LogP contribution < -0.4 is 9.46 Å². The van der Waals surface area contributed by atoms with Crippen LogP contribution in [0.3, 0.4) is 0 Å². The molecule has 2 atom stereocenters. The predicted octanol–water partition coefficient (Wildman–Crippen LogP) is 5.89. The molecule has 5 rings (SSSR count). The number of ether oxygens (including phenoxy) is 1. The number of carbonyl (C=O) groups is 1. The van der Waals surface area contributed by atoms with E-state index in [9.17, 15) is 9.90 Å². The molecule has 1 aromatic heterocycles. The fourth-order valence-electron chi connectivity index (χ4n) is 4.08. The first-order chi connectivity index (χ1) is 17.0. The highest BCUT2D eigenvalue weighted by Gasteiger charge is 2.61. The van der Waals surface area contributed by atoms with Crippen LogP contribution in [-0.2, 0) is 11.3 Å². The number of hydrogen-bond acceptors (Lipinski definition) is 5. The molecule has 178 valence electrons. The summed E-state index contributed by atoms with van der Waals surface area (Å²) in [7, 11) is 0. The van der Waals surface area contributed by atoms with Crippen molar-refractivity contribution >= 4 is 29.5 Å². The van der Waals surface area contributed by atoms with Gasteiger partial charge in [-0.05, 0) is 77.5 Å². The molecule has 35 heavy (non-hydrogen) atoms. The first-order valence-corrected chi connectivity index (χ1v) is 12.5. The van der Waals surface area contributed by atoms with E-state index in [1.165, 1.54) is 11.9 Å². The van der Waals surface area contributed by atoms with E-state index < -0.39 is 11.5 Å². The van der Waals surface area contributed by atoms with Crippen LogP contribution in [0.2, 0.25) is 5.02 Å². The van der Waals surface area contributed by atoms with Gasteiger partial charge in [-0.15, -0.1) is 0 Å². The summed E-state index contributed by atoms with van der Waals surface area (Å²) in [5, 5.41) is 14.9. The Morgan fingerprint density at radius 1 is 1.11 bits per heavy atom. The largest absolute Gasteiger partial charge is 0.492 e. The van der Waals surface area contributed by atoms with Gasteiger partial charge < -0.3 is 9.84 Å². The molecule has 8 heteroatoms. The lowest BCUT2D eigenvalue weighted by Gasteiger charge is -2.15. The number of carboxylic acids is 1. The van der Waals surface area contributed by atoms with Crippen molar-refractivity contribution < 1.29 is 14.6 Å². The van der Waals surface area contributed by atoms with E-state index in [4.69, 9.17) is 16.3 Å². The van der Waals surface area contributed by atoms with Crippen molar-refractivity contribution in [3.63, 3.8) is 0 Å². The summed E-state index contributed by atoms with van der Waals surface area (Å²) < 4.78 is 10.9. The second-order valence-corrected chi connectivity index (χ2v) is 9.77. The molecule has 1 aliphatic carbocycles. The van der Waals surface area contributed by atoms with Gasteiger partial charge in [0.2, 0.25) is 0 Å². The molecule has 1 fully saturated rings. The third kappa shape index (κ3) is 5.37. The Bertz CT molecular complexity index is 1300. The Morgan fingerprint density at radius 2 is 1.86 bits per heavy atom. The van der Waals surface area contributed by atoms with Crippen molar-refractivity contribution in [1.82, 2.24) is 14.5 Å².